The molecule has 2 N–H and O–H groups in total. The zero-order chi connectivity index (χ0) is 13.2. The molecule has 1 fully saturated rings. The molecule has 1 aromatic rings. The smallest absolute Gasteiger partial charge is 0.419 e. The average molecular weight is 259 g/mol. The maximum absolute atomic E-state index is 12.7. The van der Waals surface area contributed by atoms with Crippen LogP contribution >= 0.6 is 0 Å². The third-order valence-electron chi connectivity index (χ3n) is 3.36. The van der Waals surface area contributed by atoms with Crippen LogP contribution in [-0.2, 0) is 6.18 Å². The Morgan fingerprint density at radius 3 is 2.44 bits per heavy atom. The monoisotopic (exact) mass is 259 g/mol. The first kappa shape index (κ1) is 13.2. The lowest BCUT2D eigenvalue weighted by atomic mass is 10.0. The van der Waals surface area contributed by atoms with Gasteiger partial charge < -0.3 is 10.5 Å². The summed E-state index contributed by atoms with van der Waals surface area (Å²) < 4.78 is 43.6. The number of hydrogen-bond acceptors (Lipinski definition) is 2. The number of benzene rings is 1. The largest absolute Gasteiger partial charge is 0.492 e. The van der Waals surface area contributed by atoms with E-state index in [0.29, 0.717) is 13.2 Å². The minimum absolute atomic E-state index is 0.00740. The first-order valence-electron chi connectivity index (χ1n) is 5.96. The SMILES string of the molecule is NCCC1(COc2ccccc2C(F)(F)F)CC1. The van der Waals surface area contributed by atoms with E-state index in [1.807, 2.05) is 0 Å². The molecule has 0 heterocycles. The molecule has 0 atom stereocenters. The van der Waals surface area contributed by atoms with Gasteiger partial charge in [-0.05, 0) is 37.9 Å². The number of para-hydroxylation sites is 1. The zero-order valence-corrected chi connectivity index (χ0v) is 9.96. The Hall–Kier alpha value is -1.23. The molecule has 0 aromatic heterocycles. The van der Waals surface area contributed by atoms with Crippen LogP contribution < -0.4 is 10.5 Å². The van der Waals surface area contributed by atoms with Gasteiger partial charge in [0, 0.05) is 5.41 Å². The van der Waals surface area contributed by atoms with Gasteiger partial charge in [-0.2, -0.15) is 13.2 Å². The Labute approximate surface area is 104 Å². The van der Waals surface area contributed by atoms with Gasteiger partial charge in [-0.25, -0.2) is 0 Å². The maximum atomic E-state index is 12.7. The van der Waals surface area contributed by atoms with Crippen molar-refractivity contribution in [3.05, 3.63) is 29.8 Å². The van der Waals surface area contributed by atoms with E-state index >= 15 is 0 Å². The lowest BCUT2D eigenvalue weighted by molar-refractivity contribution is -0.139. The van der Waals surface area contributed by atoms with Crippen LogP contribution in [0.2, 0.25) is 0 Å². The highest BCUT2D eigenvalue weighted by Crippen LogP contribution is 2.49. The molecule has 0 saturated heterocycles. The van der Waals surface area contributed by atoms with Crippen LogP contribution in [0.5, 0.6) is 5.75 Å². The predicted octanol–water partition coefficient (Wildman–Crippen LogP) is 3.21. The summed E-state index contributed by atoms with van der Waals surface area (Å²) in [5.74, 6) is -0.0895. The third-order valence-corrected chi connectivity index (χ3v) is 3.36. The van der Waals surface area contributed by atoms with Gasteiger partial charge >= 0.3 is 6.18 Å². The summed E-state index contributed by atoms with van der Waals surface area (Å²) in [7, 11) is 0. The molecule has 0 unspecified atom stereocenters. The van der Waals surface area contributed by atoms with Crippen molar-refractivity contribution in [2.24, 2.45) is 11.1 Å². The van der Waals surface area contributed by atoms with E-state index in [2.05, 4.69) is 0 Å². The molecule has 1 saturated carbocycles. The number of hydrogen-bond donors (Lipinski definition) is 1. The van der Waals surface area contributed by atoms with Gasteiger partial charge in [0.25, 0.3) is 0 Å². The van der Waals surface area contributed by atoms with Crippen molar-refractivity contribution in [1.82, 2.24) is 0 Å². The molecule has 2 rings (SSSR count). The molecule has 18 heavy (non-hydrogen) atoms. The first-order chi connectivity index (χ1) is 8.47. The Balaban J connectivity index is 2.06. The molecular weight excluding hydrogens is 243 g/mol. The molecule has 0 bridgehead atoms. The summed E-state index contributed by atoms with van der Waals surface area (Å²) in [5, 5.41) is 0. The number of halogens is 3. The van der Waals surface area contributed by atoms with Gasteiger partial charge in [0.05, 0.1) is 12.2 Å². The van der Waals surface area contributed by atoms with Crippen molar-refractivity contribution in [3.8, 4) is 5.75 Å². The number of nitrogens with two attached hydrogens (primary N) is 1. The molecule has 100 valence electrons. The van der Waals surface area contributed by atoms with Gasteiger partial charge in [0.15, 0.2) is 0 Å². The fourth-order valence-electron chi connectivity index (χ4n) is 2.01. The Morgan fingerprint density at radius 2 is 1.89 bits per heavy atom. The van der Waals surface area contributed by atoms with Gasteiger partial charge in [-0.15, -0.1) is 0 Å². The Bertz CT molecular complexity index is 413. The Morgan fingerprint density at radius 1 is 1.22 bits per heavy atom. The Kier molecular flexibility index (Phi) is 3.52. The molecular formula is C13H16F3NO. The topological polar surface area (TPSA) is 35.2 Å². The molecule has 2 nitrogen and oxygen atoms in total. The highest BCUT2D eigenvalue weighted by molar-refractivity contribution is 5.35. The van der Waals surface area contributed by atoms with Crippen LogP contribution in [0.15, 0.2) is 24.3 Å². The van der Waals surface area contributed by atoms with E-state index in [-0.39, 0.29) is 11.2 Å². The van der Waals surface area contributed by atoms with Crippen LogP contribution in [0.3, 0.4) is 0 Å². The quantitative estimate of drug-likeness (QED) is 0.881. The second kappa shape index (κ2) is 4.80. The van der Waals surface area contributed by atoms with E-state index in [9.17, 15) is 13.2 Å². The highest BCUT2D eigenvalue weighted by atomic mass is 19.4. The van der Waals surface area contributed by atoms with Crippen LogP contribution in [0.1, 0.15) is 24.8 Å². The minimum atomic E-state index is -4.37. The summed E-state index contributed by atoms with van der Waals surface area (Å²) in [6.45, 7) is 0.863. The number of ether oxygens (including phenoxy) is 1. The highest BCUT2D eigenvalue weighted by Gasteiger charge is 2.43. The average Bonchev–Trinajstić information content (AvgIpc) is 3.07. The molecule has 0 amide bonds. The number of rotatable bonds is 5. The van der Waals surface area contributed by atoms with Crippen LogP contribution in [0, 0.1) is 5.41 Å². The van der Waals surface area contributed by atoms with Crippen molar-refractivity contribution >= 4 is 0 Å². The van der Waals surface area contributed by atoms with Gasteiger partial charge in [-0.3, -0.25) is 0 Å². The van der Waals surface area contributed by atoms with Crippen LogP contribution in [0.4, 0.5) is 13.2 Å². The lowest BCUT2D eigenvalue weighted by Gasteiger charge is -2.18. The molecule has 0 spiro atoms. The first-order valence-corrected chi connectivity index (χ1v) is 5.96. The molecule has 0 radical (unpaired) electrons. The normalized spacial score (nSPS) is 17.6. The standard InChI is InChI=1S/C13H16F3NO/c14-13(15,16)10-3-1-2-4-11(10)18-9-12(5-6-12)7-8-17/h1-4H,5-9,17H2. The van der Waals surface area contributed by atoms with E-state index < -0.39 is 11.7 Å². The lowest BCUT2D eigenvalue weighted by Crippen LogP contribution is -2.19. The fourth-order valence-corrected chi connectivity index (χ4v) is 2.01. The van der Waals surface area contributed by atoms with E-state index in [0.717, 1.165) is 25.3 Å². The van der Waals surface area contributed by atoms with E-state index in [1.54, 1.807) is 6.07 Å². The van der Waals surface area contributed by atoms with E-state index in [1.165, 1.54) is 12.1 Å². The second-order valence-corrected chi connectivity index (χ2v) is 4.82. The summed E-state index contributed by atoms with van der Waals surface area (Å²) in [6, 6.07) is 5.31. The molecule has 1 aromatic carbocycles. The minimum Gasteiger partial charge on any atom is -0.492 e. The van der Waals surface area contributed by atoms with Crippen molar-refractivity contribution in [3.63, 3.8) is 0 Å². The summed E-state index contributed by atoms with van der Waals surface area (Å²) in [5.41, 5.74) is 4.78. The van der Waals surface area contributed by atoms with E-state index in [4.69, 9.17) is 10.5 Å². The number of alkyl halides is 3. The molecule has 1 aliphatic rings. The van der Waals surface area contributed by atoms with Crippen molar-refractivity contribution < 1.29 is 17.9 Å². The van der Waals surface area contributed by atoms with Crippen molar-refractivity contribution in [2.75, 3.05) is 13.2 Å². The second-order valence-electron chi connectivity index (χ2n) is 4.82. The van der Waals surface area contributed by atoms with Crippen molar-refractivity contribution in [2.45, 2.75) is 25.4 Å². The predicted molar refractivity (Wildman–Crippen MR) is 62.3 cm³/mol. The van der Waals surface area contributed by atoms with Crippen molar-refractivity contribution in [1.29, 1.82) is 0 Å². The molecule has 5 heteroatoms. The maximum Gasteiger partial charge on any atom is 0.419 e. The van der Waals surface area contributed by atoms with Gasteiger partial charge in [0.2, 0.25) is 0 Å². The van der Waals surface area contributed by atoms with Gasteiger partial charge in [-0.1, -0.05) is 12.1 Å². The molecule has 1 aliphatic carbocycles. The molecule has 0 aliphatic heterocycles. The zero-order valence-electron chi connectivity index (χ0n) is 9.96. The summed E-state index contributed by atoms with van der Waals surface area (Å²) >= 11 is 0. The summed E-state index contributed by atoms with van der Waals surface area (Å²) in [6.07, 6.45) is -1.60. The van der Waals surface area contributed by atoms with Crippen LogP contribution in [-0.4, -0.2) is 13.2 Å². The third kappa shape index (κ3) is 2.96. The summed E-state index contributed by atoms with van der Waals surface area (Å²) in [4.78, 5) is 0. The van der Waals surface area contributed by atoms with Crippen LogP contribution in [0.25, 0.3) is 0 Å². The van der Waals surface area contributed by atoms with Gasteiger partial charge in [0.1, 0.15) is 5.75 Å². The fraction of sp³-hybridized carbons (Fsp3) is 0.538.